The molecular weight excluding hydrogens is 356 g/mol. The van der Waals surface area contributed by atoms with Crippen LogP contribution in [0.15, 0.2) is 52.4 Å². The van der Waals surface area contributed by atoms with Gasteiger partial charge in [-0.25, -0.2) is 13.4 Å². The van der Waals surface area contributed by atoms with Crippen LogP contribution in [0.2, 0.25) is 0 Å². The SMILES string of the molecule is Cc1cnc(-c2cccnc2)n1CC1CN(S(=O)(=O)c2cccs2)C1. The quantitative estimate of drug-likeness (QED) is 0.688. The lowest BCUT2D eigenvalue weighted by Crippen LogP contribution is -2.51. The molecule has 0 aromatic carbocycles. The molecule has 1 saturated heterocycles. The highest BCUT2D eigenvalue weighted by molar-refractivity contribution is 7.91. The summed E-state index contributed by atoms with van der Waals surface area (Å²) in [5.74, 6) is 1.17. The molecule has 0 unspecified atom stereocenters. The summed E-state index contributed by atoms with van der Waals surface area (Å²) in [5, 5.41) is 1.79. The van der Waals surface area contributed by atoms with E-state index in [1.165, 1.54) is 11.3 Å². The van der Waals surface area contributed by atoms with Gasteiger partial charge in [0.05, 0.1) is 0 Å². The standard InChI is InChI=1S/C17H18N4O2S2/c1-13-8-19-17(15-4-2-6-18-9-15)21(13)12-14-10-20(11-14)25(22,23)16-5-3-7-24-16/h2-9,14H,10-12H2,1H3. The minimum absolute atomic E-state index is 0.290. The molecular formula is C17H18N4O2S2. The zero-order valence-electron chi connectivity index (χ0n) is 13.7. The van der Waals surface area contributed by atoms with Crippen LogP contribution < -0.4 is 0 Å². The normalized spacial score (nSPS) is 16.0. The number of aryl methyl sites for hydroxylation is 1. The van der Waals surface area contributed by atoms with Crippen LogP contribution in [0.4, 0.5) is 0 Å². The lowest BCUT2D eigenvalue weighted by Gasteiger charge is -2.38. The molecule has 1 aliphatic heterocycles. The van der Waals surface area contributed by atoms with Crippen molar-refractivity contribution in [1.82, 2.24) is 18.8 Å². The van der Waals surface area contributed by atoms with Crippen LogP contribution in [0.25, 0.3) is 11.4 Å². The monoisotopic (exact) mass is 374 g/mol. The molecule has 0 amide bonds. The molecule has 6 nitrogen and oxygen atoms in total. The molecule has 3 aromatic rings. The highest BCUT2D eigenvalue weighted by atomic mass is 32.2. The number of hydrogen-bond acceptors (Lipinski definition) is 5. The third-order valence-corrected chi connectivity index (χ3v) is 7.63. The van der Waals surface area contributed by atoms with E-state index in [0.29, 0.717) is 17.3 Å². The molecule has 0 spiro atoms. The fourth-order valence-corrected chi connectivity index (χ4v) is 5.78. The lowest BCUT2D eigenvalue weighted by atomic mass is 10.0. The Hall–Kier alpha value is -2.03. The molecule has 0 bridgehead atoms. The van der Waals surface area contributed by atoms with Gasteiger partial charge in [-0.05, 0) is 30.5 Å². The van der Waals surface area contributed by atoms with Gasteiger partial charge in [-0.1, -0.05) is 6.07 Å². The molecule has 25 heavy (non-hydrogen) atoms. The summed E-state index contributed by atoms with van der Waals surface area (Å²) in [6, 6.07) is 7.31. The van der Waals surface area contributed by atoms with Crippen molar-refractivity contribution >= 4 is 21.4 Å². The van der Waals surface area contributed by atoms with E-state index in [2.05, 4.69) is 14.5 Å². The van der Waals surface area contributed by atoms with Gasteiger partial charge in [-0.15, -0.1) is 11.3 Å². The summed E-state index contributed by atoms with van der Waals surface area (Å²) in [4.78, 5) is 8.66. The average molecular weight is 374 g/mol. The molecule has 1 aliphatic rings. The van der Waals surface area contributed by atoms with Crippen LogP contribution in [-0.4, -0.2) is 40.3 Å². The Morgan fingerprint density at radius 2 is 2.08 bits per heavy atom. The van der Waals surface area contributed by atoms with Crippen LogP contribution in [0.3, 0.4) is 0 Å². The lowest BCUT2D eigenvalue weighted by molar-refractivity contribution is 0.180. The number of aromatic nitrogens is 3. The minimum Gasteiger partial charge on any atom is -0.328 e. The first kappa shape index (κ1) is 16.4. The summed E-state index contributed by atoms with van der Waals surface area (Å²) in [7, 11) is -3.33. The maximum Gasteiger partial charge on any atom is 0.252 e. The molecule has 130 valence electrons. The number of rotatable bonds is 5. The molecule has 0 N–H and O–H groups in total. The molecule has 0 aliphatic carbocycles. The van der Waals surface area contributed by atoms with E-state index < -0.39 is 10.0 Å². The zero-order chi connectivity index (χ0) is 17.4. The average Bonchev–Trinajstić information content (AvgIpc) is 3.22. The Balaban J connectivity index is 1.48. The van der Waals surface area contributed by atoms with Gasteiger partial charge in [0.25, 0.3) is 10.0 Å². The maximum absolute atomic E-state index is 12.5. The summed E-state index contributed by atoms with van der Waals surface area (Å²) in [5.41, 5.74) is 2.04. The topological polar surface area (TPSA) is 68.1 Å². The van der Waals surface area contributed by atoms with Crippen LogP contribution in [0, 0.1) is 12.8 Å². The zero-order valence-corrected chi connectivity index (χ0v) is 15.4. The molecule has 1 fully saturated rings. The largest absolute Gasteiger partial charge is 0.328 e. The summed E-state index contributed by atoms with van der Waals surface area (Å²) >= 11 is 1.26. The molecule has 4 rings (SSSR count). The van der Waals surface area contributed by atoms with Gasteiger partial charge < -0.3 is 4.57 Å². The Kier molecular flexibility index (Phi) is 4.18. The third-order valence-electron chi connectivity index (χ3n) is 4.43. The second kappa shape index (κ2) is 6.36. The van der Waals surface area contributed by atoms with Crippen LogP contribution in [-0.2, 0) is 16.6 Å². The van der Waals surface area contributed by atoms with Crippen molar-refractivity contribution < 1.29 is 8.42 Å². The Morgan fingerprint density at radius 3 is 2.76 bits per heavy atom. The molecule has 0 radical (unpaired) electrons. The predicted octanol–water partition coefficient (Wildman–Crippen LogP) is 2.64. The Labute approximate surface area is 150 Å². The Bertz CT molecular complexity index is 960. The summed E-state index contributed by atoms with van der Waals surface area (Å²) < 4.78 is 29.1. The van der Waals surface area contributed by atoms with Crippen molar-refractivity contribution in [3.63, 3.8) is 0 Å². The fourth-order valence-electron chi connectivity index (χ4n) is 3.05. The number of sulfonamides is 1. The van der Waals surface area contributed by atoms with Crippen LogP contribution >= 0.6 is 11.3 Å². The molecule has 4 heterocycles. The fraction of sp³-hybridized carbons (Fsp3) is 0.294. The summed E-state index contributed by atoms with van der Waals surface area (Å²) in [6.45, 7) is 3.87. The Morgan fingerprint density at radius 1 is 1.24 bits per heavy atom. The first-order valence-corrected chi connectivity index (χ1v) is 10.3. The van der Waals surface area contributed by atoms with Gasteiger partial charge in [-0.3, -0.25) is 4.98 Å². The van der Waals surface area contributed by atoms with Gasteiger partial charge in [0.2, 0.25) is 0 Å². The number of thiophene rings is 1. The first-order chi connectivity index (χ1) is 12.1. The van der Waals surface area contributed by atoms with E-state index in [0.717, 1.165) is 23.6 Å². The van der Waals surface area contributed by atoms with Crippen molar-refractivity contribution in [2.24, 2.45) is 5.92 Å². The second-order valence-corrected chi connectivity index (χ2v) is 9.31. The highest BCUT2D eigenvalue weighted by Gasteiger charge is 2.37. The van der Waals surface area contributed by atoms with Crippen LogP contribution in [0.5, 0.6) is 0 Å². The molecule has 0 atom stereocenters. The van der Waals surface area contributed by atoms with E-state index in [-0.39, 0.29) is 5.92 Å². The van der Waals surface area contributed by atoms with Gasteiger partial charge in [0.1, 0.15) is 10.0 Å². The minimum atomic E-state index is -3.33. The number of nitrogens with zero attached hydrogens (tertiary/aromatic N) is 4. The van der Waals surface area contributed by atoms with Gasteiger partial charge >= 0.3 is 0 Å². The third kappa shape index (κ3) is 3.01. The van der Waals surface area contributed by atoms with Crippen LogP contribution in [0.1, 0.15) is 5.69 Å². The number of hydrogen-bond donors (Lipinski definition) is 0. The molecule has 0 saturated carbocycles. The smallest absolute Gasteiger partial charge is 0.252 e. The summed E-state index contributed by atoms with van der Waals surface area (Å²) in [6.07, 6.45) is 5.39. The highest BCUT2D eigenvalue weighted by Crippen LogP contribution is 2.30. The van der Waals surface area contributed by atoms with Crippen molar-refractivity contribution in [2.45, 2.75) is 17.7 Å². The maximum atomic E-state index is 12.5. The first-order valence-electron chi connectivity index (χ1n) is 8.02. The molecule has 3 aromatic heterocycles. The van der Waals surface area contributed by atoms with Crippen molar-refractivity contribution in [1.29, 1.82) is 0 Å². The number of pyridine rings is 1. The number of imidazole rings is 1. The van der Waals surface area contributed by atoms with E-state index in [4.69, 9.17) is 0 Å². The van der Waals surface area contributed by atoms with E-state index in [1.54, 1.807) is 34.2 Å². The van der Waals surface area contributed by atoms with Gasteiger partial charge in [-0.2, -0.15) is 4.31 Å². The van der Waals surface area contributed by atoms with Crippen molar-refractivity contribution in [3.8, 4) is 11.4 Å². The van der Waals surface area contributed by atoms with Crippen molar-refractivity contribution in [2.75, 3.05) is 13.1 Å². The predicted molar refractivity (Wildman–Crippen MR) is 96.8 cm³/mol. The van der Waals surface area contributed by atoms with E-state index >= 15 is 0 Å². The van der Waals surface area contributed by atoms with E-state index in [9.17, 15) is 8.42 Å². The second-order valence-electron chi connectivity index (χ2n) is 6.20. The van der Waals surface area contributed by atoms with Gasteiger partial charge in [0, 0.05) is 55.4 Å². The van der Waals surface area contributed by atoms with Gasteiger partial charge in [0.15, 0.2) is 0 Å². The van der Waals surface area contributed by atoms with Crippen molar-refractivity contribution in [3.05, 3.63) is 53.9 Å². The molecule has 8 heteroatoms. The van der Waals surface area contributed by atoms with E-state index in [1.807, 2.05) is 25.3 Å².